The number of anilines is 2. The van der Waals surface area contributed by atoms with E-state index in [0.717, 1.165) is 48.0 Å². The first-order valence-corrected chi connectivity index (χ1v) is 11.6. The Morgan fingerprint density at radius 2 is 1.58 bits per heavy atom. The fraction of sp³-hybridized carbons (Fsp3) is 0.391. The van der Waals surface area contributed by atoms with E-state index < -0.39 is 0 Å². The van der Waals surface area contributed by atoms with Crippen LogP contribution in [0, 0.1) is 0 Å². The van der Waals surface area contributed by atoms with Gasteiger partial charge in [0.15, 0.2) is 0 Å². The van der Waals surface area contributed by atoms with E-state index in [4.69, 9.17) is 44.8 Å². The van der Waals surface area contributed by atoms with E-state index in [0.29, 0.717) is 39.6 Å². The van der Waals surface area contributed by atoms with Crippen LogP contribution in [0.3, 0.4) is 0 Å². The highest BCUT2D eigenvalue weighted by molar-refractivity contribution is 6.39. The first kappa shape index (κ1) is 22.4. The molecule has 0 aliphatic heterocycles. The van der Waals surface area contributed by atoms with Crippen molar-refractivity contribution in [1.82, 2.24) is 15.3 Å². The fourth-order valence-electron chi connectivity index (χ4n) is 4.08. The van der Waals surface area contributed by atoms with Crippen molar-refractivity contribution < 1.29 is 0 Å². The minimum absolute atomic E-state index is 0.358. The molecule has 1 saturated carbocycles. The summed E-state index contributed by atoms with van der Waals surface area (Å²) >= 11 is 18.6. The normalized spacial score (nSPS) is 18.9. The number of fused-ring (bicyclic) bond motifs is 1. The molecule has 1 fully saturated rings. The molecule has 4 rings (SSSR count). The van der Waals surface area contributed by atoms with Gasteiger partial charge in [0.1, 0.15) is 5.82 Å². The summed E-state index contributed by atoms with van der Waals surface area (Å²) < 4.78 is 0. The second-order valence-corrected chi connectivity index (χ2v) is 9.46. The molecule has 2 aromatic carbocycles. The van der Waals surface area contributed by atoms with Gasteiger partial charge in [-0.3, -0.25) is 0 Å². The SMILES string of the molecule is CN(C)c1nc(NC2CCC(NCc3c(Cl)cc(Cl)cc3Cl)CC2)nc2ccccc12. The summed E-state index contributed by atoms with van der Waals surface area (Å²) in [5.74, 6) is 1.62. The molecule has 31 heavy (non-hydrogen) atoms. The van der Waals surface area contributed by atoms with Gasteiger partial charge in [0.2, 0.25) is 5.95 Å². The minimum Gasteiger partial charge on any atom is -0.362 e. The third-order valence-corrected chi connectivity index (χ3v) is 6.63. The first-order chi connectivity index (χ1) is 14.9. The average Bonchev–Trinajstić information content (AvgIpc) is 2.73. The van der Waals surface area contributed by atoms with Gasteiger partial charge in [-0.15, -0.1) is 0 Å². The molecule has 0 radical (unpaired) electrons. The zero-order chi connectivity index (χ0) is 22.0. The van der Waals surface area contributed by atoms with E-state index in [1.807, 2.05) is 37.2 Å². The number of hydrogen-bond acceptors (Lipinski definition) is 5. The van der Waals surface area contributed by atoms with Crippen molar-refractivity contribution in [2.75, 3.05) is 24.3 Å². The maximum absolute atomic E-state index is 6.31. The van der Waals surface area contributed by atoms with Gasteiger partial charge in [-0.2, -0.15) is 4.98 Å². The van der Waals surface area contributed by atoms with E-state index in [2.05, 4.69) is 16.7 Å². The number of hydrogen-bond donors (Lipinski definition) is 2. The van der Waals surface area contributed by atoms with E-state index in [9.17, 15) is 0 Å². The summed E-state index contributed by atoms with van der Waals surface area (Å²) in [7, 11) is 4.02. The van der Waals surface area contributed by atoms with Gasteiger partial charge in [-0.05, 0) is 49.9 Å². The summed E-state index contributed by atoms with van der Waals surface area (Å²) in [6.07, 6.45) is 4.23. The van der Waals surface area contributed by atoms with Gasteiger partial charge in [0.05, 0.1) is 5.52 Å². The molecule has 1 aromatic heterocycles. The Bertz CT molecular complexity index is 1040. The molecule has 0 saturated heterocycles. The molecule has 0 amide bonds. The predicted octanol–water partition coefficient (Wildman–Crippen LogP) is 6.17. The predicted molar refractivity (Wildman–Crippen MR) is 132 cm³/mol. The topological polar surface area (TPSA) is 53.1 Å². The van der Waals surface area contributed by atoms with Gasteiger partial charge >= 0.3 is 0 Å². The highest BCUT2D eigenvalue weighted by Gasteiger charge is 2.22. The lowest BCUT2D eigenvalue weighted by atomic mass is 9.91. The molecular weight excluding hydrogens is 453 g/mol. The van der Waals surface area contributed by atoms with Crippen molar-refractivity contribution in [1.29, 1.82) is 0 Å². The van der Waals surface area contributed by atoms with Crippen LogP contribution in [0.2, 0.25) is 15.1 Å². The van der Waals surface area contributed by atoms with E-state index in [1.54, 1.807) is 12.1 Å². The molecule has 0 bridgehead atoms. The van der Waals surface area contributed by atoms with Gasteiger partial charge < -0.3 is 15.5 Å². The third-order valence-electron chi connectivity index (χ3n) is 5.74. The first-order valence-electron chi connectivity index (χ1n) is 10.5. The van der Waals surface area contributed by atoms with Crippen LogP contribution in [0.5, 0.6) is 0 Å². The molecule has 0 spiro atoms. The smallest absolute Gasteiger partial charge is 0.225 e. The third kappa shape index (κ3) is 5.35. The number of aromatic nitrogens is 2. The van der Waals surface area contributed by atoms with Crippen molar-refractivity contribution in [3.8, 4) is 0 Å². The summed E-state index contributed by atoms with van der Waals surface area (Å²) in [4.78, 5) is 11.5. The lowest BCUT2D eigenvalue weighted by Gasteiger charge is -2.30. The van der Waals surface area contributed by atoms with Crippen molar-refractivity contribution in [2.45, 2.75) is 44.3 Å². The van der Waals surface area contributed by atoms with Gasteiger partial charge in [-0.25, -0.2) is 4.98 Å². The highest BCUT2D eigenvalue weighted by atomic mass is 35.5. The number of benzene rings is 2. The van der Waals surface area contributed by atoms with Crippen LogP contribution in [0.15, 0.2) is 36.4 Å². The molecule has 2 N–H and O–H groups in total. The van der Waals surface area contributed by atoms with Crippen LogP contribution in [0.4, 0.5) is 11.8 Å². The fourth-order valence-corrected chi connectivity index (χ4v) is 5.03. The van der Waals surface area contributed by atoms with Gasteiger partial charge in [0, 0.05) is 58.7 Å². The minimum atomic E-state index is 0.358. The van der Waals surface area contributed by atoms with E-state index in [1.165, 1.54) is 0 Å². The Balaban J connectivity index is 1.36. The summed E-state index contributed by atoms with van der Waals surface area (Å²) in [6, 6.07) is 12.4. The Kier molecular flexibility index (Phi) is 7.07. The van der Waals surface area contributed by atoms with Gasteiger partial charge in [-0.1, -0.05) is 46.9 Å². The zero-order valence-electron chi connectivity index (χ0n) is 17.6. The van der Waals surface area contributed by atoms with Crippen LogP contribution in [-0.4, -0.2) is 36.1 Å². The Hall–Kier alpha value is -1.79. The summed E-state index contributed by atoms with van der Waals surface area (Å²) in [6.45, 7) is 0.636. The highest BCUT2D eigenvalue weighted by Crippen LogP contribution is 2.30. The van der Waals surface area contributed by atoms with Crippen LogP contribution in [-0.2, 0) is 6.54 Å². The van der Waals surface area contributed by atoms with Crippen molar-refractivity contribution in [3.63, 3.8) is 0 Å². The monoisotopic (exact) mass is 477 g/mol. The van der Waals surface area contributed by atoms with E-state index in [-0.39, 0.29) is 0 Å². The summed E-state index contributed by atoms with van der Waals surface area (Å²) in [5, 5.41) is 9.97. The lowest BCUT2D eigenvalue weighted by Crippen LogP contribution is -2.37. The number of nitrogens with one attached hydrogen (secondary N) is 2. The van der Waals surface area contributed by atoms with Crippen LogP contribution >= 0.6 is 34.8 Å². The second-order valence-electron chi connectivity index (χ2n) is 8.20. The molecule has 1 heterocycles. The number of para-hydroxylation sites is 1. The summed E-state index contributed by atoms with van der Waals surface area (Å²) in [5.41, 5.74) is 1.85. The molecule has 164 valence electrons. The Morgan fingerprint density at radius 1 is 0.935 bits per heavy atom. The number of nitrogens with zero attached hydrogens (tertiary/aromatic N) is 3. The van der Waals surface area contributed by atoms with Crippen LogP contribution in [0.25, 0.3) is 10.9 Å². The molecule has 5 nitrogen and oxygen atoms in total. The molecule has 1 aliphatic rings. The van der Waals surface area contributed by atoms with Gasteiger partial charge in [0.25, 0.3) is 0 Å². The van der Waals surface area contributed by atoms with E-state index >= 15 is 0 Å². The molecular formula is C23H26Cl3N5. The molecule has 0 unspecified atom stereocenters. The maximum Gasteiger partial charge on any atom is 0.225 e. The lowest BCUT2D eigenvalue weighted by molar-refractivity contribution is 0.352. The number of rotatable bonds is 6. The molecule has 1 aliphatic carbocycles. The quantitative estimate of drug-likeness (QED) is 0.444. The largest absolute Gasteiger partial charge is 0.362 e. The van der Waals surface area contributed by atoms with Crippen molar-refractivity contribution in [3.05, 3.63) is 57.0 Å². The van der Waals surface area contributed by atoms with Crippen molar-refractivity contribution in [2.24, 2.45) is 0 Å². The standard InChI is InChI=1S/C23H26Cl3N5/c1-31(2)22-17-5-3-4-6-21(17)29-23(30-22)28-16-9-7-15(8-10-16)27-13-18-19(25)11-14(24)12-20(18)26/h3-6,11-12,15-16,27H,7-10,13H2,1-2H3,(H,28,29,30). The number of halogens is 3. The maximum atomic E-state index is 6.31. The zero-order valence-corrected chi connectivity index (χ0v) is 19.9. The van der Waals surface area contributed by atoms with Crippen LogP contribution in [0.1, 0.15) is 31.2 Å². The van der Waals surface area contributed by atoms with Crippen LogP contribution < -0.4 is 15.5 Å². The average molecular weight is 479 g/mol. The molecule has 0 atom stereocenters. The Morgan fingerprint density at radius 3 is 2.26 bits per heavy atom. The van der Waals surface area contributed by atoms with Crippen molar-refractivity contribution >= 4 is 57.5 Å². The second kappa shape index (κ2) is 9.78. The molecule has 3 aromatic rings. The molecule has 8 heteroatoms. The Labute approximate surface area is 198 Å².